The number of aromatic nitrogens is 1. The average Bonchev–Trinajstić information content (AvgIpc) is 3.35. The predicted molar refractivity (Wildman–Crippen MR) is 87.2 cm³/mol. The minimum absolute atomic E-state index is 0.00257. The molecule has 0 aliphatic carbocycles. The molecule has 2 saturated heterocycles. The second-order valence-electron chi connectivity index (χ2n) is 6.81. The molecular weight excluding hydrogens is 322 g/mol. The normalized spacial score (nSPS) is 23.6. The highest BCUT2D eigenvalue weighted by molar-refractivity contribution is 5.89. The minimum Gasteiger partial charge on any atom is -0.467 e. The van der Waals surface area contributed by atoms with Gasteiger partial charge in [0.2, 0.25) is 11.8 Å². The van der Waals surface area contributed by atoms with Crippen LogP contribution in [-0.4, -0.2) is 39.9 Å². The van der Waals surface area contributed by atoms with Gasteiger partial charge in [-0.25, -0.2) is 0 Å². The molecule has 2 atom stereocenters. The third-order valence-electron chi connectivity index (χ3n) is 5.01. The second-order valence-corrected chi connectivity index (χ2v) is 6.81. The van der Waals surface area contributed by atoms with E-state index >= 15 is 0 Å². The molecule has 0 radical (unpaired) electrons. The molecule has 2 aromatic heterocycles. The molecular formula is C18H21N3O4. The Morgan fingerprint density at radius 3 is 3.04 bits per heavy atom. The van der Waals surface area contributed by atoms with Crippen molar-refractivity contribution < 1.29 is 18.5 Å². The summed E-state index contributed by atoms with van der Waals surface area (Å²) in [4.78, 5) is 28.8. The van der Waals surface area contributed by atoms with Gasteiger partial charge in [-0.2, -0.15) is 0 Å². The van der Waals surface area contributed by atoms with Crippen molar-refractivity contribution in [2.24, 2.45) is 5.92 Å². The standard InChI is InChI=1S/C18H21N3O4/c1-12-8-15(19-25-12)16-5-2-6-21(16)18(23)13-9-17(22)20(10-13)11-14-4-3-7-24-14/h3-4,7-8,13,16H,2,5-6,9-11H2,1H3/t13-,16-/m0/s1. The van der Waals surface area contributed by atoms with Gasteiger partial charge in [-0.15, -0.1) is 0 Å². The third kappa shape index (κ3) is 3.06. The van der Waals surface area contributed by atoms with E-state index in [1.165, 1.54) is 0 Å². The maximum Gasteiger partial charge on any atom is 0.228 e. The molecule has 132 valence electrons. The second kappa shape index (κ2) is 6.38. The first-order valence-electron chi connectivity index (χ1n) is 8.65. The van der Waals surface area contributed by atoms with Gasteiger partial charge in [0, 0.05) is 25.6 Å². The molecule has 0 unspecified atom stereocenters. The summed E-state index contributed by atoms with van der Waals surface area (Å²) in [6.45, 7) is 3.42. The summed E-state index contributed by atoms with van der Waals surface area (Å²) in [7, 11) is 0. The number of nitrogens with zero attached hydrogens (tertiary/aromatic N) is 3. The van der Waals surface area contributed by atoms with Crippen molar-refractivity contribution in [3.05, 3.63) is 41.7 Å². The van der Waals surface area contributed by atoms with Crippen LogP contribution in [0.25, 0.3) is 0 Å². The third-order valence-corrected chi connectivity index (χ3v) is 5.01. The summed E-state index contributed by atoms with van der Waals surface area (Å²) in [5.74, 6) is 1.23. The molecule has 0 saturated carbocycles. The Labute approximate surface area is 145 Å². The predicted octanol–water partition coefficient (Wildman–Crippen LogP) is 2.29. The summed E-state index contributed by atoms with van der Waals surface area (Å²) in [6.07, 6.45) is 3.68. The van der Waals surface area contributed by atoms with Crippen LogP contribution < -0.4 is 0 Å². The maximum atomic E-state index is 13.0. The molecule has 0 N–H and O–H groups in total. The van der Waals surface area contributed by atoms with Crippen LogP contribution >= 0.6 is 0 Å². The lowest BCUT2D eigenvalue weighted by Gasteiger charge is -2.26. The van der Waals surface area contributed by atoms with E-state index in [-0.39, 0.29) is 30.2 Å². The number of amides is 2. The van der Waals surface area contributed by atoms with Crippen LogP contribution in [0.15, 0.2) is 33.4 Å². The van der Waals surface area contributed by atoms with Crippen LogP contribution in [0.5, 0.6) is 0 Å². The van der Waals surface area contributed by atoms with Crippen LogP contribution in [0.3, 0.4) is 0 Å². The van der Waals surface area contributed by atoms with Gasteiger partial charge in [-0.05, 0) is 31.9 Å². The number of carbonyl (C=O) groups is 2. The van der Waals surface area contributed by atoms with E-state index in [0.29, 0.717) is 19.6 Å². The zero-order valence-electron chi connectivity index (χ0n) is 14.2. The quantitative estimate of drug-likeness (QED) is 0.851. The Balaban J connectivity index is 1.44. The molecule has 7 heteroatoms. The van der Waals surface area contributed by atoms with Gasteiger partial charge in [0.05, 0.1) is 24.8 Å². The van der Waals surface area contributed by atoms with E-state index < -0.39 is 0 Å². The van der Waals surface area contributed by atoms with E-state index in [4.69, 9.17) is 8.94 Å². The SMILES string of the molecule is Cc1cc([C@@H]2CCCN2C(=O)[C@H]2CC(=O)N(Cc3ccco3)C2)no1. The number of hydrogen-bond acceptors (Lipinski definition) is 5. The Morgan fingerprint density at radius 2 is 2.32 bits per heavy atom. The summed E-state index contributed by atoms with van der Waals surface area (Å²) in [5, 5.41) is 4.08. The maximum absolute atomic E-state index is 13.0. The van der Waals surface area contributed by atoms with E-state index in [2.05, 4.69) is 5.16 Å². The molecule has 25 heavy (non-hydrogen) atoms. The van der Waals surface area contributed by atoms with E-state index in [1.807, 2.05) is 24.0 Å². The van der Waals surface area contributed by atoms with Gasteiger partial charge in [0.1, 0.15) is 17.2 Å². The van der Waals surface area contributed by atoms with Gasteiger partial charge in [0.15, 0.2) is 0 Å². The monoisotopic (exact) mass is 343 g/mol. The molecule has 0 bridgehead atoms. The first kappa shape index (κ1) is 15.9. The Hall–Kier alpha value is -2.57. The van der Waals surface area contributed by atoms with Crippen LogP contribution in [0.4, 0.5) is 0 Å². The molecule has 2 fully saturated rings. The highest BCUT2D eigenvalue weighted by Gasteiger charge is 2.41. The number of aryl methyl sites for hydroxylation is 1. The summed E-state index contributed by atoms with van der Waals surface area (Å²) in [5.41, 5.74) is 0.806. The fraction of sp³-hybridized carbons (Fsp3) is 0.500. The largest absolute Gasteiger partial charge is 0.467 e. The van der Waals surface area contributed by atoms with Gasteiger partial charge in [-0.3, -0.25) is 9.59 Å². The van der Waals surface area contributed by atoms with Gasteiger partial charge >= 0.3 is 0 Å². The summed E-state index contributed by atoms with van der Waals surface area (Å²) in [6, 6.07) is 5.48. The van der Waals surface area contributed by atoms with Crippen molar-refractivity contribution in [1.82, 2.24) is 15.0 Å². The first-order chi connectivity index (χ1) is 12.1. The molecule has 2 aliphatic rings. The zero-order chi connectivity index (χ0) is 17.4. The number of carbonyl (C=O) groups excluding carboxylic acids is 2. The van der Waals surface area contributed by atoms with Crippen molar-refractivity contribution in [2.75, 3.05) is 13.1 Å². The first-order valence-corrected chi connectivity index (χ1v) is 8.65. The van der Waals surface area contributed by atoms with Crippen molar-refractivity contribution in [3.63, 3.8) is 0 Å². The molecule has 7 nitrogen and oxygen atoms in total. The lowest BCUT2D eigenvalue weighted by atomic mass is 10.1. The molecule has 4 rings (SSSR count). The van der Waals surface area contributed by atoms with Crippen LogP contribution in [0, 0.1) is 12.8 Å². The Morgan fingerprint density at radius 1 is 1.44 bits per heavy atom. The number of hydrogen-bond donors (Lipinski definition) is 0. The number of rotatable bonds is 4. The van der Waals surface area contributed by atoms with Crippen LogP contribution in [0.1, 0.15) is 42.5 Å². The Bertz CT molecular complexity index is 767. The minimum atomic E-state index is -0.295. The van der Waals surface area contributed by atoms with Crippen molar-refractivity contribution in [3.8, 4) is 0 Å². The molecule has 0 spiro atoms. The average molecular weight is 343 g/mol. The lowest BCUT2D eigenvalue weighted by Crippen LogP contribution is -2.37. The van der Waals surface area contributed by atoms with Gasteiger partial charge < -0.3 is 18.7 Å². The molecule has 2 amide bonds. The highest BCUT2D eigenvalue weighted by atomic mass is 16.5. The van der Waals surface area contributed by atoms with Crippen molar-refractivity contribution >= 4 is 11.8 Å². The molecule has 4 heterocycles. The zero-order valence-corrected chi connectivity index (χ0v) is 14.2. The fourth-order valence-electron chi connectivity index (χ4n) is 3.80. The highest BCUT2D eigenvalue weighted by Crippen LogP contribution is 2.34. The smallest absolute Gasteiger partial charge is 0.228 e. The van der Waals surface area contributed by atoms with Gasteiger partial charge in [-0.1, -0.05) is 5.16 Å². The van der Waals surface area contributed by atoms with Crippen molar-refractivity contribution in [1.29, 1.82) is 0 Å². The van der Waals surface area contributed by atoms with Crippen molar-refractivity contribution in [2.45, 2.75) is 38.8 Å². The van der Waals surface area contributed by atoms with E-state index in [0.717, 1.165) is 30.1 Å². The summed E-state index contributed by atoms with van der Waals surface area (Å²) < 4.78 is 10.5. The number of likely N-dealkylation sites (tertiary alicyclic amines) is 2. The molecule has 0 aromatic carbocycles. The van der Waals surface area contributed by atoms with E-state index in [1.54, 1.807) is 17.2 Å². The van der Waals surface area contributed by atoms with E-state index in [9.17, 15) is 9.59 Å². The van der Waals surface area contributed by atoms with Crippen LogP contribution in [0.2, 0.25) is 0 Å². The Kier molecular flexibility index (Phi) is 4.07. The van der Waals surface area contributed by atoms with Gasteiger partial charge in [0.25, 0.3) is 0 Å². The molecule has 2 aliphatic heterocycles. The lowest BCUT2D eigenvalue weighted by molar-refractivity contribution is -0.136. The fourth-order valence-corrected chi connectivity index (χ4v) is 3.80. The number of furan rings is 1. The summed E-state index contributed by atoms with van der Waals surface area (Å²) >= 11 is 0. The molecule has 2 aromatic rings. The van der Waals surface area contributed by atoms with Crippen LogP contribution in [-0.2, 0) is 16.1 Å². The topological polar surface area (TPSA) is 79.8 Å².